The zero-order chi connectivity index (χ0) is 26.5. The highest BCUT2D eigenvalue weighted by Crippen LogP contribution is 2.44. The van der Waals surface area contributed by atoms with Gasteiger partial charge >= 0.3 is 12.1 Å². The number of nitrogens with one attached hydrogen (secondary N) is 1. The molecule has 0 radical (unpaired) electrons. The van der Waals surface area contributed by atoms with E-state index in [1.165, 1.54) is 6.33 Å². The largest absolute Gasteiger partial charge is 0.480 e. The molecule has 0 bridgehead atoms. The van der Waals surface area contributed by atoms with Crippen molar-refractivity contribution in [1.29, 1.82) is 0 Å². The van der Waals surface area contributed by atoms with Gasteiger partial charge in [-0.2, -0.15) is 0 Å². The van der Waals surface area contributed by atoms with E-state index in [2.05, 4.69) is 39.8 Å². The summed E-state index contributed by atoms with van der Waals surface area (Å²) < 4.78 is 7.28. The topological polar surface area (TPSA) is 106 Å². The second-order valence-corrected chi connectivity index (χ2v) is 9.45. The van der Waals surface area contributed by atoms with Crippen LogP contribution in [0.5, 0.6) is 0 Å². The Kier molecular flexibility index (Phi) is 7.49. The van der Waals surface area contributed by atoms with Crippen molar-refractivity contribution in [3.63, 3.8) is 0 Å². The van der Waals surface area contributed by atoms with Crippen LogP contribution in [0, 0.1) is 0 Å². The average Bonchev–Trinajstić information content (AvgIpc) is 3.54. The van der Waals surface area contributed by atoms with Gasteiger partial charge in [-0.25, -0.2) is 9.59 Å². The van der Waals surface area contributed by atoms with Gasteiger partial charge in [0.15, 0.2) is 5.82 Å². The Bertz CT molecular complexity index is 1370. The minimum absolute atomic E-state index is 0.0521. The van der Waals surface area contributed by atoms with Crippen molar-refractivity contribution >= 4 is 12.1 Å². The Hall–Kier alpha value is -4.46. The molecule has 0 spiro atoms. The normalized spacial score (nSPS) is 13.8. The number of fused-ring (bicyclic) bond motifs is 3. The standard InChI is InChI=1S/C30H30N4O4/c1-2-10-26(28-33-31-19-34(28)27(29(35)36)17-20-11-4-3-5-12-20)32-30(37)38-18-25-23-15-8-6-13-21(23)22-14-7-9-16-24(22)25/h3-9,11-16,19,25-27H,2,10,17-18H2,1H3,(H,32,37)(H,35,36). The molecule has 0 saturated carbocycles. The molecule has 194 valence electrons. The lowest BCUT2D eigenvalue weighted by atomic mass is 9.98. The number of hydrogen-bond acceptors (Lipinski definition) is 5. The zero-order valence-electron chi connectivity index (χ0n) is 21.2. The van der Waals surface area contributed by atoms with Crippen molar-refractivity contribution in [1.82, 2.24) is 20.1 Å². The van der Waals surface area contributed by atoms with Crippen molar-refractivity contribution in [2.24, 2.45) is 0 Å². The van der Waals surface area contributed by atoms with Crippen molar-refractivity contribution in [3.05, 3.63) is 108 Å². The van der Waals surface area contributed by atoms with Crippen LogP contribution in [0.2, 0.25) is 0 Å². The summed E-state index contributed by atoms with van der Waals surface area (Å²) in [5, 5.41) is 21.1. The SMILES string of the molecule is CCCC(NC(=O)OCC1c2ccccc2-c2ccccc21)c1nncn1C(Cc1ccccc1)C(=O)O. The summed E-state index contributed by atoms with van der Waals surface area (Å²) in [6.07, 6.45) is 2.41. The Morgan fingerprint density at radius 2 is 1.61 bits per heavy atom. The summed E-state index contributed by atoms with van der Waals surface area (Å²) in [4.78, 5) is 25.2. The van der Waals surface area contributed by atoms with Crippen molar-refractivity contribution in [2.45, 2.75) is 44.2 Å². The van der Waals surface area contributed by atoms with Gasteiger partial charge in [-0.3, -0.25) is 0 Å². The first-order chi connectivity index (χ1) is 18.6. The third kappa shape index (κ3) is 5.16. The van der Waals surface area contributed by atoms with Crippen molar-refractivity contribution < 1.29 is 19.4 Å². The lowest BCUT2D eigenvalue weighted by molar-refractivity contribution is -0.141. The first-order valence-electron chi connectivity index (χ1n) is 12.8. The van der Waals surface area contributed by atoms with Crippen LogP contribution in [0.1, 0.15) is 60.3 Å². The van der Waals surface area contributed by atoms with Crippen molar-refractivity contribution in [3.8, 4) is 11.1 Å². The summed E-state index contributed by atoms with van der Waals surface area (Å²) in [7, 11) is 0. The molecule has 2 unspecified atom stereocenters. The Morgan fingerprint density at radius 3 is 2.24 bits per heavy atom. The van der Waals surface area contributed by atoms with Crippen LogP contribution >= 0.6 is 0 Å². The number of carboxylic acid groups (broad SMARTS) is 1. The Balaban J connectivity index is 1.31. The molecule has 0 saturated heterocycles. The molecule has 1 aliphatic rings. The number of aromatic nitrogens is 3. The molecule has 4 aromatic rings. The second kappa shape index (κ2) is 11.3. The number of amides is 1. The maximum absolute atomic E-state index is 13.0. The molecule has 3 aromatic carbocycles. The predicted molar refractivity (Wildman–Crippen MR) is 143 cm³/mol. The minimum atomic E-state index is -0.994. The van der Waals surface area contributed by atoms with E-state index in [4.69, 9.17) is 4.74 Å². The lowest BCUT2D eigenvalue weighted by Crippen LogP contribution is -2.33. The number of carbonyl (C=O) groups excluding carboxylic acids is 1. The van der Waals surface area contributed by atoms with E-state index in [9.17, 15) is 14.7 Å². The van der Waals surface area contributed by atoms with Crippen molar-refractivity contribution in [2.75, 3.05) is 6.61 Å². The van der Waals surface area contributed by atoms with Gasteiger partial charge in [0.1, 0.15) is 19.0 Å². The summed E-state index contributed by atoms with van der Waals surface area (Å²) in [6.45, 7) is 2.18. The van der Waals surface area contributed by atoms with Crippen LogP contribution < -0.4 is 5.32 Å². The van der Waals surface area contributed by atoms with Crippen LogP contribution in [0.3, 0.4) is 0 Å². The number of carbonyl (C=O) groups is 2. The highest BCUT2D eigenvalue weighted by Gasteiger charge is 2.31. The quantitative estimate of drug-likeness (QED) is 0.291. The van der Waals surface area contributed by atoms with Gasteiger partial charge in [0.2, 0.25) is 0 Å². The third-order valence-corrected chi connectivity index (χ3v) is 7.02. The molecular formula is C30H30N4O4. The molecule has 1 aliphatic carbocycles. The molecule has 1 heterocycles. The van der Waals surface area contributed by atoms with Gasteiger partial charge in [-0.1, -0.05) is 92.2 Å². The van der Waals surface area contributed by atoms with Crippen LogP contribution in [0.15, 0.2) is 85.2 Å². The molecule has 8 heteroatoms. The number of benzene rings is 3. The molecule has 1 aromatic heterocycles. The number of alkyl carbamates (subject to hydrolysis) is 1. The van der Waals surface area contributed by atoms with Crippen LogP contribution in [-0.4, -0.2) is 38.5 Å². The summed E-state index contributed by atoms with van der Waals surface area (Å²) in [5.41, 5.74) is 5.48. The number of nitrogens with zero attached hydrogens (tertiary/aromatic N) is 3. The molecule has 2 atom stereocenters. The first kappa shape index (κ1) is 25.2. The fourth-order valence-corrected chi connectivity index (χ4v) is 5.22. The maximum Gasteiger partial charge on any atom is 0.407 e. The van der Waals surface area contributed by atoms with E-state index >= 15 is 0 Å². The minimum Gasteiger partial charge on any atom is -0.480 e. The molecular weight excluding hydrogens is 480 g/mol. The van der Waals surface area contributed by atoms with E-state index in [1.807, 2.05) is 61.5 Å². The fourth-order valence-electron chi connectivity index (χ4n) is 5.22. The highest BCUT2D eigenvalue weighted by molar-refractivity contribution is 5.79. The monoisotopic (exact) mass is 510 g/mol. The van der Waals surface area contributed by atoms with Gasteiger partial charge in [-0.15, -0.1) is 10.2 Å². The second-order valence-electron chi connectivity index (χ2n) is 9.45. The zero-order valence-corrected chi connectivity index (χ0v) is 21.2. The van der Waals surface area contributed by atoms with E-state index < -0.39 is 24.1 Å². The maximum atomic E-state index is 13.0. The predicted octanol–water partition coefficient (Wildman–Crippen LogP) is 5.53. The average molecular weight is 511 g/mol. The van der Waals surface area contributed by atoms with Crippen LogP contribution in [0.25, 0.3) is 11.1 Å². The molecule has 5 rings (SSSR count). The number of carboxylic acids is 1. The number of ether oxygens (including phenoxy) is 1. The van der Waals surface area contributed by atoms with Gasteiger partial charge in [0, 0.05) is 12.3 Å². The van der Waals surface area contributed by atoms with E-state index in [-0.39, 0.29) is 18.9 Å². The highest BCUT2D eigenvalue weighted by atomic mass is 16.5. The van der Waals surface area contributed by atoms with Gasteiger partial charge < -0.3 is 19.7 Å². The summed E-state index contributed by atoms with van der Waals surface area (Å²) >= 11 is 0. The molecule has 2 N–H and O–H groups in total. The van der Waals surface area contributed by atoms with E-state index in [1.54, 1.807) is 4.57 Å². The molecule has 38 heavy (non-hydrogen) atoms. The third-order valence-electron chi connectivity index (χ3n) is 7.02. The number of rotatable bonds is 10. The van der Waals surface area contributed by atoms with Gasteiger partial charge in [-0.05, 0) is 34.2 Å². The van der Waals surface area contributed by atoms with E-state index in [0.29, 0.717) is 12.2 Å². The molecule has 8 nitrogen and oxygen atoms in total. The Morgan fingerprint density at radius 1 is 0.974 bits per heavy atom. The number of hydrogen-bond donors (Lipinski definition) is 2. The van der Waals surface area contributed by atoms with Crippen LogP contribution in [-0.2, 0) is 16.0 Å². The molecule has 0 aliphatic heterocycles. The first-order valence-corrected chi connectivity index (χ1v) is 12.8. The fraction of sp³-hybridized carbons (Fsp3) is 0.267. The van der Waals surface area contributed by atoms with Crippen LogP contribution in [0.4, 0.5) is 4.79 Å². The molecule has 1 amide bonds. The van der Waals surface area contributed by atoms with Gasteiger partial charge in [0.25, 0.3) is 0 Å². The smallest absolute Gasteiger partial charge is 0.407 e. The lowest BCUT2D eigenvalue weighted by Gasteiger charge is -2.22. The number of aliphatic carboxylic acids is 1. The summed E-state index contributed by atoms with van der Waals surface area (Å²) in [5.74, 6) is -0.654. The van der Waals surface area contributed by atoms with Gasteiger partial charge in [0.05, 0.1) is 6.04 Å². The molecule has 0 fully saturated rings. The van der Waals surface area contributed by atoms with E-state index in [0.717, 1.165) is 34.2 Å². The summed E-state index contributed by atoms with van der Waals surface area (Å²) in [6, 6.07) is 24.3. The Labute approximate surface area is 221 Å².